The fourth-order valence-electron chi connectivity index (χ4n) is 2.40. The second-order valence-corrected chi connectivity index (χ2v) is 5.30. The van der Waals surface area contributed by atoms with Crippen LogP contribution in [0.1, 0.15) is 22.7 Å². The van der Waals surface area contributed by atoms with Gasteiger partial charge in [-0.25, -0.2) is 5.43 Å². The molecule has 0 bridgehead atoms. The van der Waals surface area contributed by atoms with Crippen molar-refractivity contribution >= 4 is 22.1 Å². The molecule has 3 N–H and O–H groups in total. The molecule has 96 valence electrons. The predicted octanol–water partition coefficient (Wildman–Crippen LogP) is 3.16. The zero-order valence-corrected chi connectivity index (χ0v) is 11.4. The number of hydrogen-bond donors (Lipinski definition) is 2. The van der Waals surface area contributed by atoms with Gasteiger partial charge in [-0.3, -0.25) is 10.8 Å². The molecule has 0 fully saturated rings. The van der Waals surface area contributed by atoms with Gasteiger partial charge in [0.15, 0.2) is 0 Å². The van der Waals surface area contributed by atoms with Gasteiger partial charge in [0.05, 0.1) is 6.04 Å². The van der Waals surface area contributed by atoms with Gasteiger partial charge < -0.3 is 0 Å². The molecule has 1 unspecified atom stereocenters. The molecule has 0 aliphatic rings. The molecular weight excluding hydrogens is 254 g/mol. The normalized spacial score (nSPS) is 12.7. The third-order valence-electron chi connectivity index (χ3n) is 3.40. The Labute approximate surface area is 116 Å². The summed E-state index contributed by atoms with van der Waals surface area (Å²) in [5, 5.41) is 6.61. The van der Waals surface area contributed by atoms with E-state index in [-0.39, 0.29) is 6.04 Å². The van der Waals surface area contributed by atoms with E-state index >= 15 is 0 Å². The van der Waals surface area contributed by atoms with Crippen LogP contribution < -0.4 is 11.3 Å². The molecule has 0 saturated heterocycles. The first kappa shape index (κ1) is 12.3. The first-order valence-corrected chi connectivity index (χ1v) is 7.07. The summed E-state index contributed by atoms with van der Waals surface area (Å²) >= 11 is 1.70. The van der Waals surface area contributed by atoms with Gasteiger partial charge in [-0.15, -0.1) is 0 Å². The van der Waals surface area contributed by atoms with E-state index in [9.17, 15) is 0 Å². The third-order valence-corrected chi connectivity index (χ3v) is 4.28. The molecule has 0 radical (unpaired) electrons. The molecule has 1 aromatic carbocycles. The third kappa shape index (κ3) is 2.14. The van der Waals surface area contributed by atoms with Crippen molar-refractivity contribution in [3.63, 3.8) is 0 Å². The van der Waals surface area contributed by atoms with Crippen molar-refractivity contribution in [1.29, 1.82) is 0 Å². The molecule has 0 spiro atoms. The number of aromatic nitrogens is 1. The molecule has 1 atom stereocenters. The monoisotopic (exact) mass is 269 g/mol. The minimum absolute atomic E-state index is 0.000787. The average molecular weight is 269 g/mol. The van der Waals surface area contributed by atoms with Gasteiger partial charge >= 0.3 is 0 Å². The van der Waals surface area contributed by atoms with E-state index in [4.69, 9.17) is 5.84 Å². The molecule has 0 aliphatic heterocycles. The van der Waals surface area contributed by atoms with Crippen LogP contribution in [0.2, 0.25) is 0 Å². The molecule has 4 heteroatoms. The quantitative estimate of drug-likeness (QED) is 0.567. The number of hydrazine groups is 1. The number of hydrogen-bond acceptors (Lipinski definition) is 4. The van der Waals surface area contributed by atoms with Crippen molar-refractivity contribution in [3.8, 4) is 0 Å². The molecule has 3 nitrogen and oxygen atoms in total. The second-order valence-electron chi connectivity index (χ2n) is 4.55. The van der Waals surface area contributed by atoms with Crippen molar-refractivity contribution in [3.05, 3.63) is 64.1 Å². The van der Waals surface area contributed by atoms with Crippen molar-refractivity contribution in [2.45, 2.75) is 13.0 Å². The van der Waals surface area contributed by atoms with Gasteiger partial charge in [0.1, 0.15) is 0 Å². The highest BCUT2D eigenvalue weighted by Crippen LogP contribution is 2.31. The number of rotatable bonds is 3. The second kappa shape index (κ2) is 5.09. The number of benzene rings is 1. The van der Waals surface area contributed by atoms with Gasteiger partial charge in [0.25, 0.3) is 0 Å². The summed E-state index contributed by atoms with van der Waals surface area (Å²) in [7, 11) is 0. The van der Waals surface area contributed by atoms with Gasteiger partial charge in [0.2, 0.25) is 0 Å². The minimum atomic E-state index is -0.000787. The van der Waals surface area contributed by atoms with E-state index in [1.807, 2.05) is 18.5 Å². The predicted molar refractivity (Wildman–Crippen MR) is 80.0 cm³/mol. The average Bonchev–Trinajstić information content (AvgIpc) is 2.86. The Morgan fingerprint density at radius 1 is 1.21 bits per heavy atom. The zero-order chi connectivity index (χ0) is 13.2. The topological polar surface area (TPSA) is 50.9 Å². The standard InChI is InChI=1S/C15H15N3S/c1-10-8-19-9-14(10)15(18-16)12-4-2-3-11-5-6-17-7-13(11)12/h2-9,15,18H,16H2,1H3. The fraction of sp³-hybridized carbons (Fsp3) is 0.133. The lowest BCUT2D eigenvalue weighted by molar-refractivity contribution is 0.640. The highest BCUT2D eigenvalue weighted by atomic mass is 32.1. The molecule has 2 heterocycles. The number of nitrogens with two attached hydrogens (primary N) is 1. The van der Waals surface area contributed by atoms with E-state index in [0.29, 0.717) is 0 Å². The smallest absolute Gasteiger partial charge is 0.0727 e. The molecule has 0 amide bonds. The summed E-state index contributed by atoms with van der Waals surface area (Å²) in [6.07, 6.45) is 3.71. The van der Waals surface area contributed by atoms with Crippen molar-refractivity contribution in [2.75, 3.05) is 0 Å². The number of pyridine rings is 1. The van der Waals surface area contributed by atoms with Gasteiger partial charge in [-0.1, -0.05) is 18.2 Å². The van der Waals surface area contributed by atoms with Crippen LogP contribution in [-0.4, -0.2) is 4.98 Å². The summed E-state index contributed by atoms with van der Waals surface area (Å²) in [4.78, 5) is 4.23. The zero-order valence-electron chi connectivity index (χ0n) is 10.6. The van der Waals surface area contributed by atoms with Gasteiger partial charge in [-0.2, -0.15) is 11.3 Å². The van der Waals surface area contributed by atoms with Crippen LogP contribution in [0.5, 0.6) is 0 Å². The van der Waals surface area contributed by atoms with E-state index < -0.39 is 0 Å². The van der Waals surface area contributed by atoms with E-state index in [1.165, 1.54) is 16.5 Å². The maximum absolute atomic E-state index is 5.79. The van der Waals surface area contributed by atoms with Crippen LogP contribution in [0.4, 0.5) is 0 Å². The first-order valence-electron chi connectivity index (χ1n) is 6.12. The first-order chi connectivity index (χ1) is 9.31. The molecule has 2 aromatic heterocycles. The van der Waals surface area contributed by atoms with Crippen molar-refractivity contribution in [2.24, 2.45) is 5.84 Å². The Morgan fingerprint density at radius 3 is 2.84 bits per heavy atom. The molecule has 3 aromatic rings. The summed E-state index contributed by atoms with van der Waals surface area (Å²) in [5.74, 6) is 5.79. The van der Waals surface area contributed by atoms with Crippen LogP contribution in [0.25, 0.3) is 10.8 Å². The largest absolute Gasteiger partial charge is 0.271 e. The Hall–Kier alpha value is -1.75. The highest BCUT2D eigenvalue weighted by molar-refractivity contribution is 7.08. The van der Waals surface area contributed by atoms with E-state index in [0.717, 1.165) is 10.9 Å². The number of thiophene rings is 1. The lowest BCUT2D eigenvalue weighted by Gasteiger charge is -2.18. The number of fused-ring (bicyclic) bond motifs is 1. The Kier molecular flexibility index (Phi) is 3.29. The molecular formula is C15H15N3S. The highest BCUT2D eigenvalue weighted by Gasteiger charge is 2.17. The minimum Gasteiger partial charge on any atom is -0.271 e. The van der Waals surface area contributed by atoms with Crippen molar-refractivity contribution in [1.82, 2.24) is 10.4 Å². The SMILES string of the molecule is Cc1cscc1C(NN)c1cccc2ccncc12. The van der Waals surface area contributed by atoms with Crippen LogP contribution in [0, 0.1) is 6.92 Å². The molecule has 0 aliphatic carbocycles. The Bertz CT molecular complexity index is 700. The lowest BCUT2D eigenvalue weighted by Crippen LogP contribution is -2.29. The van der Waals surface area contributed by atoms with Crippen molar-refractivity contribution < 1.29 is 0 Å². The van der Waals surface area contributed by atoms with Crippen LogP contribution >= 0.6 is 11.3 Å². The number of nitrogens with one attached hydrogen (secondary N) is 1. The maximum atomic E-state index is 5.79. The van der Waals surface area contributed by atoms with Crippen LogP contribution in [0.15, 0.2) is 47.4 Å². The number of nitrogens with zero attached hydrogens (tertiary/aromatic N) is 1. The fourth-order valence-corrected chi connectivity index (χ4v) is 3.28. The molecule has 19 heavy (non-hydrogen) atoms. The van der Waals surface area contributed by atoms with Crippen LogP contribution in [0.3, 0.4) is 0 Å². The lowest BCUT2D eigenvalue weighted by atomic mass is 9.95. The summed E-state index contributed by atoms with van der Waals surface area (Å²) in [6.45, 7) is 2.11. The summed E-state index contributed by atoms with van der Waals surface area (Å²) < 4.78 is 0. The molecule has 0 saturated carbocycles. The van der Waals surface area contributed by atoms with E-state index in [2.05, 4.69) is 46.3 Å². The number of aryl methyl sites for hydroxylation is 1. The summed E-state index contributed by atoms with van der Waals surface area (Å²) in [5.41, 5.74) is 6.58. The maximum Gasteiger partial charge on any atom is 0.0727 e. The van der Waals surface area contributed by atoms with Crippen LogP contribution in [-0.2, 0) is 0 Å². The van der Waals surface area contributed by atoms with Gasteiger partial charge in [-0.05, 0) is 45.8 Å². The Morgan fingerprint density at radius 2 is 2.11 bits per heavy atom. The molecule has 3 rings (SSSR count). The van der Waals surface area contributed by atoms with Gasteiger partial charge in [0, 0.05) is 17.8 Å². The summed E-state index contributed by atoms with van der Waals surface area (Å²) in [6, 6.07) is 8.27. The Balaban J connectivity index is 2.20. The van der Waals surface area contributed by atoms with E-state index in [1.54, 1.807) is 11.3 Å².